The molecule has 41 heavy (non-hydrogen) atoms. The normalized spacial score (nSPS) is 13.7. The maximum atomic E-state index is 12.6. The molecule has 10 nitrogen and oxygen atoms in total. The van der Waals surface area contributed by atoms with Crippen LogP contribution < -0.4 is 19.9 Å². The highest BCUT2D eigenvalue weighted by Gasteiger charge is 2.22. The molecule has 0 aliphatic rings. The summed E-state index contributed by atoms with van der Waals surface area (Å²) in [5, 5.41) is 0. The van der Waals surface area contributed by atoms with E-state index in [2.05, 4.69) is 0 Å². The van der Waals surface area contributed by atoms with Gasteiger partial charge < -0.3 is 29.4 Å². The number of esters is 3. The first-order valence-electron chi connectivity index (χ1n) is 13.9. The van der Waals surface area contributed by atoms with Crippen LogP contribution >= 0.6 is 0 Å². The number of rotatable bonds is 15. The average molecular weight is 572 g/mol. The number of ether oxygens (including phenoxy) is 5. The summed E-state index contributed by atoms with van der Waals surface area (Å²) in [5.74, 6) is -0.825. The summed E-state index contributed by atoms with van der Waals surface area (Å²) in [5.41, 5.74) is 6.65. The second-order valence-electron chi connectivity index (χ2n) is 10.2. The van der Waals surface area contributed by atoms with Crippen LogP contribution in [0.15, 0.2) is 48.5 Å². The van der Waals surface area contributed by atoms with Crippen molar-refractivity contribution in [2.75, 3.05) is 6.61 Å². The molecule has 224 valence electrons. The van der Waals surface area contributed by atoms with Crippen LogP contribution in [-0.4, -0.2) is 42.8 Å². The van der Waals surface area contributed by atoms with Crippen LogP contribution in [0.5, 0.6) is 17.2 Å². The number of carbonyl (C=O) groups excluding carboxylic acids is 4. The van der Waals surface area contributed by atoms with E-state index in [9.17, 15) is 19.2 Å². The molecule has 2 rings (SSSR count). The van der Waals surface area contributed by atoms with Gasteiger partial charge in [-0.3, -0.25) is 14.4 Å². The summed E-state index contributed by atoms with van der Waals surface area (Å²) in [6.45, 7) is 9.17. The van der Waals surface area contributed by atoms with Crippen molar-refractivity contribution in [3.63, 3.8) is 0 Å². The number of hydrogen-bond donors (Lipinski definition) is 1. The zero-order valence-electron chi connectivity index (χ0n) is 24.4. The SMILES string of the molecule is CCC(C)CC(=O)Oc1ccc(C[C@H](N)C(=O)O[C@@H](C)COC(=O)Oc2ccccc2)cc1OC(=O)CC(C)CC. The zero-order valence-corrected chi connectivity index (χ0v) is 24.4. The molecule has 0 bridgehead atoms. The minimum absolute atomic E-state index is 0.0550. The molecule has 0 aromatic heterocycles. The third-order valence-corrected chi connectivity index (χ3v) is 6.34. The van der Waals surface area contributed by atoms with Gasteiger partial charge in [-0.25, -0.2) is 4.79 Å². The molecular weight excluding hydrogens is 530 g/mol. The van der Waals surface area contributed by atoms with Gasteiger partial charge in [0.1, 0.15) is 24.5 Å². The smallest absolute Gasteiger partial charge is 0.458 e. The number of carbonyl (C=O) groups is 4. The predicted molar refractivity (Wildman–Crippen MR) is 152 cm³/mol. The summed E-state index contributed by atoms with van der Waals surface area (Å²) in [7, 11) is 0. The van der Waals surface area contributed by atoms with Crippen molar-refractivity contribution in [1.82, 2.24) is 0 Å². The number of nitrogens with two attached hydrogens (primary N) is 1. The Bertz CT molecular complexity index is 1150. The molecule has 0 aliphatic carbocycles. The van der Waals surface area contributed by atoms with Crippen molar-refractivity contribution >= 4 is 24.1 Å². The van der Waals surface area contributed by atoms with Gasteiger partial charge in [0.25, 0.3) is 0 Å². The lowest BCUT2D eigenvalue weighted by atomic mass is 10.0. The van der Waals surface area contributed by atoms with Gasteiger partial charge in [-0.2, -0.15) is 0 Å². The maximum Gasteiger partial charge on any atom is 0.513 e. The third kappa shape index (κ3) is 12.4. The molecule has 0 amide bonds. The van der Waals surface area contributed by atoms with Crippen molar-refractivity contribution in [3.05, 3.63) is 54.1 Å². The Hall–Kier alpha value is -3.92. The summed E-state index contributed by atoms with van der Waals surface area (Å²) in [6.07, 6.45) is 0.402. The van der Waals surface area contributed by atoms with E-state index in [0.29, 0.717) is 11.3 Å². The number of para-hydroxylation sites is 1. The van der Waals surface area contributed by atoms with Crippen LogP contribution in [0.2, 0.25) is 0 Å². The van der Waals surface area contributed by atoms with E-state index >= 15 is 0 Å². The van der Waals surface area contributed by atoms with Crippen molar-refractivity contribution in [1.29, 1.82) is 0 Å². The van der Waals surface area contributed by atoms with E-state index in [0.717, 1.165) is 12.8 Å². The Morgan fingerprint density at radius 1 is 0.780 bits per heavy atom. The lowest BCUT2D eigenvalue weighted by Crippen LogP contribution is -2.37. The zero-order chi connectivity index (χ0) is 30.4. The van der Waals surface area contributed by atoms with Gasteiger partial charge in [0.15, 0.2) is 11.5 Å². The fourth-order valence-corrected chi connectivity index (χ4v) is 3.49. The second kappa shape index (κ2) is 17.0. The second-order valence-corrected chi connectivity index (χ2v) is 10.2. The molecule has 0 fully saturated rings. The molecule has 0 heterocycles. The monoisotopic (exact) mass is 571 g/mol. The summed E-state index contributed by atoms with van der Waals surface area (Å²) in [6, 6.07) is 12.0. The summed E-state index contributed by atoms with van der Waals surface area (Å²) >= 11 is 0. The van der Waals surface area contributed by atoms with Crippen molar-refractivity contribution in [2.24, 2.45) is 17.6 Å². The van der Waals surface area contributed by atoms with Gasteiger partial charge in [-0.1, -0.05) is 64.8 Å². The maximum absolute atomic E-state index is 12.6. The molecule has 0 saturated heterocycles. The molecule has 0 aliphatic heterocycles. The lowest BCUT2D eigenvalue weighted by molar-refractivity contribution is -0.151. The molecule has 2 N–H and O–H groups in total. The van der Waals surface area contributed by atoms with Crippen LogP contribution in [0.4, 0.5) is 4.79 Å². The van der Waals surface area contributed by atoms with E-state index < -0.39 is 36.2 Å². The van der Waals surface area contributed by atoms with Crippen LogP contribution in [0, 0.1) is 11.8 Å². The molecule has 0 saturated carbocycles. The summed E-state index contributed by atoms with van der Waals surface area (Å²) in [4.78, 5) is 49.3. The Kier molecular flexibility index (Phi) is 13.8. The molecule has 0 radical (unpaired) electrons. The molecule has 2 aromatic rings. The standard InChI is InChI=1S/C31H41NO9/c1-6-20(3)15-28(33)40-26-14-13-23(18-27(26)41-29(34)16-21(4)7-2)17-25(32)30(35)38-22(5)19-37-31(36)39-24-11-9-8-10-12-24/h8-14,18,20-22,25H,6-7,15-17,19,32H2,1-5H3/t20?,21?,22-,25-/m0/s1. The van der Waals surface area contributed by atoms with Crippen molar-refractivity contribution in [2.45, 2.75) is 78.9 Å². The van der Waals surface area contributed by atoms with Gasteiger partial charge in [0.2, 0.25) is 0 Å². The third-order valence-electron chi connectivity index (χ3n) is 6.34. The predicted octanol–water partition coefficient (Wildman–Crippen LogP) is 5.39. The van der Waals surface area contributed by atoms with E-state index in [1.165, 1.54) is 12.1 Å². The average Bonchev–Trinajstić information content (AvgIpc) is 2.93. The van der Waals surface area contributed by atoms with Crippen LogP contribution in [-0.2, 0) is 30.3 Å². The van der Waals surface area contributed by atoms with Gasteiger partial charge >= 0.3 is 24.1 Å². The number of hydrogen-bond acceptors (Lipinski definition) is 10. The van der Waals surface area contributed by atoms with Crippen LogP contribution in [0.25, 0.3) is 0 Å². The molecule has 4 atom stereocenters. The fraction of sp³-hybridized carbons (Fsp3) is 0.484. The van der Waals surface area contributed by atoms with Gasteiger partial charge in [-0.05, 0) is 55.0 Å². The minimum atomic E-state index is -1.06. The van der Waals surface area contributed by atoms with Crippen LogP contribution in [0.1, 0.15) is 65.9 Å². The lowest BCUT2D eigenvalue weighted by Gasteiger charge is -2.18. The van der Waals surface area contributed by atoms with Crippen molar-refractivity contribution in [3.8, 4) is 17.2 Å². The van der Waals surface area contributed by atoms with E-state index in [4.69, 9.17) is 29.4 Å². The highest BCUT2D eigenvalue weighted by atomic mass is 16.7. The molecule has 0 spiro atoms. The Morgan fingerprint density at radius 3 is 1.95 bits per heavy atom. The molecular formula is C31H41NO9. The Labute approximate surface area is 241 Å². The first-order chi connectivity index (χ1) is 19.5. The topological polar surface area (TPSA) is 140 Å². The quantitative estimate of drug-likeness (QED) is 0.168. The number of benzene rings is 2. The van der Waals surface area contributed by atoms with Gasteiger partial charge in [0.05, 0.1) is 0 Å². The van der Waals surface area contributed by atoms with E-state index in [-0.39, 0.29) is 49.2 Å². The van der Waals surface area contributed by atoms with Gasteiger partial charge in [-0.15, -0.1) is 0 Å². The summed E-state index contributed by atoms with van der Waals surface area (Å²) < 4.78 is 26.4. The first-order valence-corrected chi connectivity index (χ1v) is 13.9. The molecule has 2 aromatic carbocycles. The largest absolute Gasteiger partial charge is 0.513 e. The van der Waals surface area contributed by atoms with Gasteiger partial charge in [0, 0.05) is 12.8 Å². The first kappa shape index (κ1) is 33.3. The minimum Gasteiger partial charge on any atom is -0.458 e. The molecule has 2 unspecified atom stereocenters. The molecule has 10 heteroatoms. The van der Waals surface area contributed by atoms with E-state index in [1.54, 1.807) is 43.3 Å². The Morgan fingerprint density at radius 2 is 1.37 bits per heavy atom. The highest BCUT2D eigenvalue weighted by Crippen LogP contribution is 2.30. The van der Waals surface area contributed by atoms with Crippen LogP contribution in [0.3, 0.4) is 0 Å². The van der Waals surface area contributed by atoms with Crippen molar-refractivity contribution < 1.29 is 42.9 Å². The fourth-order valence-electron chi connectivity index (χ4n) is 3.49. The van der Waals surface area contributed by atoms with E-state index in [1.807, 2.05) is 27.7 Å². The Balaban J connectivity index is 2.00. The highest BCUT2D eigenvalue weighted by molar-refractivity contribution is 5.77.